The Balaban J connectivity index is 2.17. The van der Waals surface area contributed by atoms with E-state index in [9.17, 15) is 8.78 Å². The second kappa shape index (κ2) is 6.21. The molecule has 0 aromatic heterocycles. The fourth-order valence-electron chi connectivity index (χ4n) is 1.50. The van der Waals surface area contributed by atoms with E-state index in [0.29, 0.717) is 4.47 Å². The molecule has 102 valence electrons. The van der Waals surface area contributed by atoms with E-state index in [0.717, 1.165) is 12.1 Å². The molecule has 2 rings (SSSR count). The summed E-state index contributed by atoms with van der Waals surface area (Å²) < 4.78 is 32.8. The van der Waals surface area contributed by atoms with E-state index >= 15 is 0 Å². The third-order valence-electron chi connectivity index (χ3n) is 2.54. The summed E-state index contributed by atoms with van der Waals surface area (Å²) in [7, 11) is 0. The minimum absolute atomic E-state index is 0.0335. The second-order valence-electron chi connectivity index (χ2n) is 3.90. The van der Waals surface area contributed by atoms with Gasteiger partial charge in [-0.2, -0.15) is 5.26 Å². The molecule has 0 fully saturated rings. The molecule has 0 N–H and O–H groups in total. The molecule has 0 amide bonds. The third kappa shape index (κ3) is 3.27. The first kappa shape index (κ1) is 14.8. The summed E-state index contributed by atoms with van der Waals surface area (Å²) in [6, 6.07) is 8.38. The molecular formula is C14H7BrClF2NO. The van der Waals surface area contributed by atoms with E-state index in [2.05, 4.69) is 15.9 Å². The van der Waals surface area contributed by atoms with Crippen molar-refractivity contribution in [1.82, 2.24) is 0 Å². The molecule has 20 heavy (non-hydrogen) atoms. The molecule has 0 aliphatic heterocycles. The molecular weight excluding hydrogens is 352 g/mol. The second-order valence-corrected chi connectivity index (χ2v) is 5.16. The molecule has 0 unspecified atom stereocenters. The van der Waals surface area contributed by atoms with Crippen molar-refractivity contribution in [3.63, 3.8) is 0 Å². The Hall–Kier alpha value is -1.64. The monoisotopic (exact) mass is 357 g/mol. The van der Waals surface area contributed by atoms with Crippen LogP contribution in [0.3, 0.4) is 0 Å². The van der Waals surface area contributed by atoms with Crippen molar-refractivity contribution in [2.24, 2.45) is 0 Å². The number of nitrogens with zero attached hydrogens (tertiary/aromatic N) is 1. The standard InChI is InChI=1S/C14H7BrClF2NO/c15-10-4-11(16)13(18)5-14(10)20-7-9-2-1-8(6-19)3-12(9)17/h1-5H,7H2. The van der Waals surface area contributed by atoms with Crippen LogP contribution >= 0.6 is 27.5 Å². The number of hydrogen-bond acceptors (Lipinski definition) is 2. The van der Waals surface area contributed by atoms with Gasteiger partial charge in [-0.1, -0.05) is 17.7 Å². The predicted molar refractivity (Wildman–Crippen MR) is 74.6 cm³/mol. The van der Waals surface area contributed by atoms with Gasteiger partial charge in [0.25, 0.3) is 0 Å². The number of hydrogen-bond donors (Lipinski definition) is 0. The van der Waals surface area contributed by atoms with Gasteiger partial charge in [0.2, 0.25) is 0 Å². The van der Waals surface area contributed by atoms with Gasteiger partial charge in [0.05, 0.1) is 21.1 Å². The number of ether oxygens (including phenoxy) is 1. The molecule has 0 aliphatic rings. The van der Waals surface area contributed by atoms with Crippen LogP contribution in [0.25, 0.3) is 0 Å². The maximum absolute atomic E-state index is 13.6. The van der Waals surface area contributed by atoms with Crippen LogP contribution in [0, 0.1) is 23.0 Å². The molecule has 0 saturated carbocycles. The fourth-order valence-corrected chi connectivity index (χ4v) is 2.26. The Bertz CT molecular complexity index is 700. The summed E-state index contributed by atoms with van der Waals surface area (Å²) in [5, 5.41) is 8.61. The van der Waals surface area contributed by atoms with E-state index in [1.54, 1.807) is 0 Å². The van der Waals surface area contributed by atoms with Crippen LogP contribution in [0.2, 0.25) is 5.02 Å². The minimum atomic E-state index is -0.620. The summed E-state index contributed by atoms with van der Waals surface area (Å²) in [5.41, 5.74) is 0.497. The highest BCUT2D eigenvalue weighted by atomic mass is 79.9. The minimum Gasteiger partial charge on any atom is -0.488 e. The highest BCUT2D eigenvalue weighted by Gasteiger charge is 2.10. The van der Waals surface area contributed by atoms with E-state index < -0.39 is 11.6 Å². The zero-order valence-corrected chi connectivity index (χ0v) is 12.3. The fraction of sp³-hybridized carbons (Fsp3) is 0.0714. The van der Waals surface area contributed by atoms with Crippen molar-refractivity contribution in [2.45, 2.75) is 6.61 Å². The molecule has 0 spiro atoms. The van der Waals surface area contributed by atoms with Crippen LogP contribution in [-0.4, -0.2) is 0 Å². The zero-order chi connectivity index (χ0) is 14.7. The van der Waals surface area contributed by atoms with Crippen molar-refractivity contribution >= 4 is 27.5 Å². The Morgan fingerprint density at radius 2 is 1.95 bits per heavy atom. The van der Waals surface area contributed by atoms with Gasteiger partial charge in [0, 0.05) is 11.6 Å². The molecule has 0 aliphatic carbocycles. The zero-order valence-electron chi connectivity index (χ0n) is 9.96. The molecule has 0 atom stereocenters. The van der Waals surface area contributed by atoms with Crippen molar-refractivity contribution < 1.29 is 13.5 Å². The van der Waals surface area contributed by atoms with Crippen LogP contribution in [0.1, 0.15) is 11.1 Å². The van der Waals surface area contributed by atoms with Gasteiger partial charge in [-0.05, 0) is 34.1 Å². The number of nitriles is 1. The van der Waals surface area contributed by atoms with Gasteiger partial charge >= 0.3 is 0 Å². The maximum atomic E-state index is 13.6. The van der Waals surface area contributed by atoms with Crippen LogP contribution in [0.5, 0.6) is 5.75 Å². The van der Waals surface area contributed by atoms with Crippen LogP contribution in [0.15, 0.2) is 34.8 Å². The lowest BCUT2D eigenvalue weighted by molar-refractivity contribution is 0.296. The average Bonchev–Trinajstić information content (AvgIpc) is 2.42. The first-order chi connectivity index (χ1) is 9.51. The third-order valence-corrected chi connectivity index (χ3v) is 3.45. The van der Waals surface area contributed by atoms with Crippen molar-refractivity contribution in [2.75, 3.05) is 0 Å². The lowest BCUT2D eigenvalue weighted by Crippen LogP contribution is -2.00. The van der Waals surface area contributed by atoms with Gasteiger partial charge in [-0.15, -0.1) is 0 Å². The Morgan fingerprint density at radius 1 is 1.20 bits per heavy atom. The molecule has 2 nitrogen and oxygen atoms in total. The van der Waals surface area contributed by atoms with Gasteiger partial charge in [-0.25, -0.2) is 8.78 Å². The van der Waals surface area contributed by atoms with Crippen LogP contribution < -0.4 is 4.74 Å². The van der Waals surface area contributed by atoms with Gasteiger partial charge < -0.3 is 4.74 Å². The SMILES string of the molecule is N#Cc1ccc(COc2cc(F)c(Cl)cc2Br)c(F)c1. The number of rotatable bonds is 3. The van der Waals surface area contributed by atoms with Crippen molar-refractivity contribution in [1.29, 1.82) is 5.26 Å². The number of halogens is 4. The quantitative estimate of drug-likeness (QED) is 0.736. The predicted octanol–water partition coefficient (Wildman–Crippen LogP) is 4.83. The summed E-state index contributed by atoms with van der Waals surface area (Å²) >= 11 is 8.79. The highest BCUT2D eigenvalue weighted by Crippen LogP contribution is 2.31. The maximum Gasteiger partial charge on any atom is 0.145 e. The van der Waals surface area contributed by atoms with E-state index in [4.69, 9.17) is 21.6 Å². The average molecular weight is 359 g/mol. The molecule has 2 aromatic carbocycles. The van der Waals surface area contributed by atoms with Crippen molar-refractivity contribution in [3.8, 4) is 11.8 Å². The lowest BCUT2D eigenvalue weighted by Gasteiger charge is -2.10. The summed E-state index contributed by atoms with van der Waals surface area (Å²) in [6.45, 7) is -0.0861. The summed E-state index contributed by atoms with van der Waals surface area (Å²) in [6.07, 6.45) is 0. The molecule has 6 heteroatoms. The summed E-state index contributed by atoms with van der Waals surface area (Å²) in [5.74, 6) is -0.949. The van der Waals surface area contributed by atoms with Crippen LogP contribution in [-0.2, 0) is 6.61 Å². The van der Waals surface area contributed by atoms with E-state index in [1.165, 1.54) is 18.2 Å². The van der Waals surface area contributed by atoms with E-state index in [1.807, 2.05) is 6.07 Å². The van der Waals surface area contributed by atoms with Crippen LogP contribution in [0.4, 0.5) is 8.78 Å². The topological polar surface area (TPSA) is 33.0 Å². The van der Waals surface area contributed by atoms with Gasteiger partial charge in [0.1, 0.15) is 24.0 Å². The highest BCUT2D eigenvalue weighted by molar-refractivity contribution is 9.10. The Morgan fingerprint density at radius 3 is 2.60 bits per heavy atom. The molecule has 0 radical (unpaired) electrons. The Kier molecular flexibility index (Phi) is 4.58. The molecule has 0 heterocycles. The normalized spacial score (nSPS) is 10.2. The lowest BCUT2D eigenvalue weighted by atomic mass is 10.1. The Labute approximate surface area is 127 Å². The van der Waals surface area contributed by atoms with Crippen molar-refractivity contribution in [3.05, 3.63) is 62.6 Å². The first-order valence-electron chi connectivity index (χ1n) is 5.47. The molecule has 0 bridgehead atoms. The largest absolute Gasteiger partial charge is 0.488 e. The smallest absolute Gasteiger partial charge is 0.145 e. The number of benzene rings is 2. The molecule has 0 saturated heterocycles. The molecule has 2 aromatic rings. The first-order valence-corrected chi connectivity index (χ1v) is 6.64. The van der Waals surface area contributed by atoms with Gasteiger partial charge in [0.15, 0.2) is 0 Å². The summed E-state index contributed by atoms with van der Waals surface area (Å²) in [4.78, 5) is 0. The van der Waals surface area contributed by atoms with Gasteiger partial charge in [-0.3, -0.25) is 0 Å². The van der Waals surface area contributed by atoms with E-state index in [-0.39, 0.29) is 28.5 Å².